The number of rotatable bonds is 4. The van der Waals surface area contributed by atoms with Crippen molar-refractivity contribution in [1.29, 1.82) is 0 Å². The van der Waals surface area contributed by atoms with Crippen LogP contribution in [0.4, 0.5) is 0 Å². The highest BCUT2D eigenvalue weighted by Crippen LogP contribution is 2.41. The van der Waals surface area contributed by atoms with Crippen LogP contribution in [0.25, 0.3) is 0 Å². The van der Waals surface area contributed by atoms with Gasteiger partial charge in [-0.15, -0.1) is 24.8 Å². The normalized spacial score (nSPS) is 36.4. The quantitative estimate of drug-likeness (QED) is 0.520. The van der Waals surface area contributed by atoms with Crippen LogP contribution in [0, 0.1) is 0 Å². The van der Waals surface area contributed by atoms with Gasteiger partial charge >= 0.3 is 0 Å². The molecule has 4 aliphatic rings. The fraction of sp³-hybridized carbons (Fsp3) is 1.00. The average Bonchev–Trinajstić information content (AvgIpc) is 2.70. The number of piperidine rings is 2. The van der Waals surface area contributed by atoms with Crippen molar-refractivity contribution in [1.82, 2.24) is 9.80 Å². The molecule has 2 heterocycles. The smallest absolute Gasteiger partial charge is 0.0214 e. The summed E-state index contributed by atoms with van der Waals surface area (Å²) in [5, 5.41) is 1.87. The summed E-state index contributed by atoms with van der Waals surface area (Å²) in [7, 11) is 0. The molecule has 27 heavy (non-hydrogen) atoms. The van der Waals surface area contributed by atoms with Gasteiger partial charge in [-0.3, -0.25) is 9.80 Å². The van der Waals surface area contributed by atoms with E-state index in [0.717, 1.165) is 22.6 Å². The fourth-order valence-electron chi connectivity index (χ4n) is 6.03. The maximum atomic E-state index is 2.90. The van der Waals surface area contributed by atoms with Crippen LogP contribution in [0.3, 0.4) is 0 Å². The molecule has 4 rings (SSSR count). The summed E-state index contributed by atoms with van der Waals surface area (Å²) in [6.45, 7) is 5.56. The highest BCUT2D eigenvalue weighted by Gasteiger charge is 2.37. The lowest BCUT2D eigenvalue weighted by molar-refractivity contribution is 0.128. The average molecular weight is 438 g/mol. The molecule has 2 nitrogen and oxygen atoms in total. The molecular formula is C22H42Cl2N2S. The van der Waals surface area contributed by atoms with Crippen molar-refractivity contribution in [2.75, 3.05) is 26.2 Å². The highest BCUT2D eigenvalue weighted by molar-refractivity contribution is 8.00. The molecule has 2 saturated carbocycles. The van der Waals surface area contributed by atoms with Crippen molar-refractivity contribution in [3.63, 3.8) is 0 Å². The van der Waals surface area contributed by atoms with E-state index in [1.807, 2.05) is 0 Å². The van der Waals surface area contributed by atoms with Crippen molar-refractivity contribution in [3.8, 4) is 0 Å². The molecule has 0 aromatic rings. The highest BCUT2D eigenvalue weighted by atomic mass is 35.5. The van der Waals surface area contributed by atoms with E-state index in [2.05, 4.69) is 21.6 Å². The first-order valence-electron chi connectivity index (χ1n) is 11.6. The van der Waals surface area contributed by atoms with E-state index < -0.39 is 0 Å². The van der Waals surface area contributed by atoms with E-state index in [4.69, 9.17) is 0 Å². The molecule has 4 atom stereocenters. The summed E-state index contributed by atoms with van der Waals surface area (Å²) in [6, 6.07) is 1.81. The largest absolute Gasteiger partial charge is 0.299 e. The van der Waals surface area contributed by atoms with Gasteiger partial charge in [0.15, 0.2) is 0 Å². The molecule has 2 saturated heterocycles. The predicted molar refractivity (Wildman–Crippen MR) is 125 cm³/mol. The Morgan fingerprint density at radius 3 is 1.22 bits per heavy atom. The Morgan fingerprint density at radius 1 is 0.444 bits per heavy atom. The van der Waals surface area contributed by atoms with E-state index in [1.165, 1.54) is 116 Å². The van der Waals surface area contributed by atoms with Gasteiger partial charge in [-0.25, -0.2) is 0 Å². The van der Waals surface area contributed by atoms with Gasteiger partial charge in [-0.1, -0.05) is 38.5 Å². The van der Waals surface area contributed by atoms with Gasteiger partial charge in [0.2, 0.25) is 0 Å². The molecule has 2 aliphatic heterocycles. The lowest BCUT2D eigenvalue weighted by atomic mass is 9.91. The van der Waals surface area contributed by atoms with Gasteiger partial charge < -0.3 is 0 Å². The lowest BCUT2D eigenvalue weighted by Crippen LogP contribution is -2.50. The number of thioether (sulfide) groups is 1. The summed E-state index contributed by atoms with van der Waals surface area (Å²) in [4.78, 5) is 5.80. The first kappa shape index (κ1) is 24.1. The second kappa shape index (κ2) is 12.5. The number of likely N-dealkylation sites (tertiary alicyclic amines) is 2. The zero-order valence-corrected chi connectivity index (χ0v) is 19.6. The number of hydrogen-bond acceptors (Lipinski definition) is 3. The minimum Gasteiger partial charge on any atom is -0.299 e. The van der Waals surface area contributed by atoms with Crippen molar-refractivity contribution in [2.45, 2.75) is 112 Å². The number of halogens is 2. The van der Waals surface area contributed by atoms with Crippen LogP contribution in [-0.2, 0) is 0 Å². The standard InChI is InChI=1S/C22H40N2S.2ClH/c1-7-15-23(16-8-1)19-11-3-5-13-21(19)25-22-14-6-4-12-20(22)24-17-9-2-10-18-24;;/h19-22H,1-18H2;2*1H. The molecular weight excluding hydrogens is 395 g/mol. The zero-order chi connectivity index (χ0) is 16.9. The summed E-state index contributed by atoms with van der Waals surface area (Å²) < 4.78 is 0. The Kier molecular flexibility index (Phi) is 11.2. The minimum absolute atomic E-state index is 0. The molecule has 0 spiro atoms. The van der Waals surface area contributed by atoms with Crippen molar-refractivity contribution in [3.05, 3.63) is 0 Å². The van der Waals surface area contributed by atoms with E-state index in [1.54, 1.807) is 0 Å². The van der Waals surface area contributed by atoms with Crippen molar-refractivity contribution < 1.29 is 0 Å². The molecule has 5 heteroatoms. The van der Waals surface area contributed by atoms with Gasteiger partial charge in [-0.05, 0) is 77.5 Å². The van der Waals surface area contributed by atoms with Crippen LogP contribution < -0.4 is 0 Å². The first-order valence-corrected chi connectivity index (χ1v) is 12.5. The van der Waals surface area contributed by atoms with E-state index in [0.29, 0.717) is 0 Å². The van der Waals surface area contributed by atoms with Crippen LogP contribution >= 0.6 is 36.6 Å². The fourth-order valence-corrected chi connectivity index (χ4v) is 8.07. The van der Waals surface area contributed by atoms with Gasteiger partial charge in [0.1, 0.15) is 0 Å². The third-order valence-electron chi connectivity index (χ3n) is 7.40. The van der Waals surface area contributed by atoms with Gasteiger partial charge in [0.25, 0.3) is 0 Å². The Hall–Kier alpha value is 0.850. The molecule has 2 aliphatic carbocycles. The summed E-state index contributed by atoms with van der Waals surface area (Å²) in [5.41, 5.74) is 0. The molecule has 0 aromatic carbocycles. The Bertz CT molecular complexity index is 364. The molecule has 0 aromatic heterocycles. The van der Waals surface area contributed by atoms with Gasteiger partial charge in [-0.2, -0.15) is 11.8 Å². The van der Waals surface area contributed by atoms with Crippen molar-refractivity contribution >= 4 is 36.6 Å². The third kappa shape index (κ3) is 6.41. The molecule has 4 fully saturated rings. The second-order valence-corrected chi connectivity index (χ2v) is 10.6. The van der Waals surface area contributed by atoms with Crippen LogP contribution in [0.1, 0.15) is 89.9 Å². The van der Waals surface area contributed by atoms with Crippen LogP contribution in [0.5, 0.6) is 0 Å². The van der Waals surface area contributed by atoms with Crippen LogP contribution in [0.2, 0.25) is 0 Å². The summed E-state index contributed by atoms with van der Waals surface area (Å²) in [5.74, 6) is 0. The van der Waals surface area contributed by atoms with E-state index in [-0.39, 0.29) is 24.8 Å². The Balaban J connectivity index is 0.00000131. The number of nitrogens with zero attached hydrogens (tertiary/aromatic N) is 2. The topological polar surface area (TPSA) is 6.48 Å². The monoisotopic (exact) mass is 436 g/mol. The van der Waals surface area contributed by atoms with Crippen LogP contribution in [0.15, 0.2) is 0 Å². The molecule has 4 unspecified atom stereocenters. The summed E-state index contributed by atoms with van der Waals surface area (Å²) >= 11 is 2.46. The second-order valence-electron chi connectivity index (χ2n) is 9.11. The first-order chi connectivity index (χ1) is 12.4. The number of hydrogen-bond donors (Lipinski definition) is 0. The van der Waals surface area contributed by atoms with E-state index >= 15 is 0 Å². The van der Waals surface area contributed by atoms with Gasteiger partial charge in [0, 0.05) is 22.6 Å². The molecule has 0 bridgehead atoms. The molecule has 0 amide bonds. The van der Waals surface area contributed by atoms with Gasteiger partial charge in [0.05, 0.1) is 0 Å². The molecule has 160 valence electrons. The SMILES string of the molecule is C1CCN(C2CCCCC2SC2CCCCC2N2CCCCC2)CC1.Cl.Cl. The predicted octanol–water partition coefficient (Wildman–Crippen LogP) is 6.16. The third-order valence-corrected chi connectivity index (χ3v) is 9.20. The Labute approximate surface area is 184 Å². The minimum atomic E-state index is 0. The molecule has 0 N–H and O–H groups in total. The van der Waals surface area contributed by atoms with Crippen LogP contribution in [-0.4, -0.2) is 58.6 Å². The maximum Gasteiger partial charge on any atom is 0.0214 e. The summed E-state index contributed by atoms with van der Waals surface area (Å²) in [6.07, 6.45) is 20.7. The maximum absolute atomic E-state index is 2.90. The Morgan fingerprint density at radius 2 is 0.815 bits per heavy atom. The lowest BCUT2D eigenvalue weighted by Gasteiger charge is -2.46. The molecule has 0 radical (unpaired) electrons. The van der Waals surface area contributed by atoms with E-state index in [9.17, 15) is 0 Å². The van der Waals surface area contributed by atoms with Crippen molar-refractivity contribution in [2.24, 2.45) is 0 Å². The zero-order valence-electron chi connectivity index (χ0n) is 17.2.